The molecule has 0 saturated carbocycles. The summed E-state index contributed by atoms with van der Waals surface area (Å²) in [6.45, 7) is 0.854. The second-order valence-electron chi connectivity index (χ2n) is 4.75. The predicted octanol–water partition coefficient (Wildman–Crippen LogP) is 3.24. The molecule has 0 aliphatic rings. The number of thiazole rings is 1. The topological polar surface area (TPSA) is 52.8 Å². The minimum absolute atomic E-state index is 0.449. The molecular weight excluding hydrogens is 280 g/mol. The van der Waals surface area contributed by atoms with Gasteiger partial charge in [-0.05, 0) is 12.1 Å². The molecular formula is C16H14N4S. The molecule has 0 N–H and O–H groups in total. The van der Waals surface area contributed by atoms with Gasteiger partial charge in [0.05, 0.1) is 10.5 Å². The highest BCUT2D eigenvalue weighted by molar-refractivity contribution is 7.09. The molecule has 0 bridgehead atoms. The molecule has 0 aliphatic carbocycles. The number of anilines is 1. The summed E-state index contributed by atoms with van der Waals surface area (Å²) in [6.07, 6.45) is 2.72. The number of hydrogen-bond acceptors (Lipinski definition) is 5. The van der Waals surface area contributed by atoms with Crippen LogP contribution in [-0.2, 0) is 6.42 Å². The van der Waals surface area contributed by atoms with Crippen LogP contribution in [0.5, 0.6) is 0 Å². The minimum atomic E-state index is 0.449. The summed E-state index contributed by atoms with van der Waals surface area (Å²) in [6, 6.07) is 11.9. The molecule has 0 fully saturated rings. The van der Waals surface area contributed by atoms with Gasteiger partial charge in [0, 0.05) is 42.7 Å². The Hall–Kier alpha value is -2.45. The van der Waals surface area contributed by atoms with E-state index >= 15 is 0 Å². The van der Waals surface area contributed by atoms with Crippen LogP contribution in [0.2, 0.25) is 0 Å². The fourth-order valence-electron chi connectivity index (χ4n) is 2.29. The van der Waals surface area contributed by atoms with Crippen LogP contribution in [0, 0.1) is 11.3 Å². The van der Waals surface area contributed by atoms with E-state index in [1.165, 1.54) is 0 Å². The molecule has 0 aliphatic heterocycles. The fourth-order valence-corrected chi connectivity index (χ4v) is 2.90. The van der Waals surface area contributed by atoms with Gasteiger partial charge in [0.25, 0.3) is 0 Å². The summed E-state index contributed by atoms with van der Waals surface area (Å²) in [5.41, 5.74) is 2.34. The quantitative estimate of drug-likeness (QED) is 0.741. The highest BCUT2D eigenvalue weighted by Gasteiger charge is 2.10. The van der Waals surface area contributed by atoms with Crippen LogP contribution in [0.25, 0.3) is 10.9 Å². The van der Waals surface area contributed by atoms with Crippen LogP contribution in [0.4, 0.5) is 5.69 Å². The highest BCUT2D eigenvalue weighted by atomic mass is 32.1. The van der Waals surface area contributed by atoms with E-state index in [4.69, 9.17) is 5.26 Å². The van der Waals surface area contributed by atoms with Crippen LogP contribution in [0.1, 0.15) is 10.7 Å². The number of fused-ring (bicyclic) bond motifs is 1. The van der Waals surface area contributed by atoms with Gasteiger partial charge in [0.1, 0.15) is 11.8 Å². The minimum Gasteiger partial charge on any atom is -0.374 e. The van der Waals surface area contributed by atoms with Gasteiger partial charge in [-0.1, -0.05) is 18.2 Å². The normalized spacial score (nSPS) is 10.5. The molecule has 0 unspecified atom stereocenters. The molecule has 0 saturated heterocycles. The first kappa shape index (κ1) is 13.5. The van der Waals surface area contributed by atoms with Gasteiger partial charge >= 0.3 is 0 Å². The van der Waals surface area contributed by atoms with Gasteiger partial charge in [-0.25, -0.2) is 9.97 Å². The molecule has 21 heavy (non-hydrogen) atoms. The molecule has 3 aromatic rings. The van der Waals surface area contributed by atoms with Crippen molar-refractivity contribution in [2.75, 3.05) is 18.5 Å². The average Bonchev–Trinajstić information content (AvgIpc) is 3.05. The van der Waals surface area contributed by atoms with Crippen LogP contribution in [0.3, 0.4) is 0 Å². The van der Waals surface area contributed by atoms with Gasteiger partial charge in [-0.2, -0.15) is 5.26 Å². The zero-order chi connectivity index (χ0) is 14.7. The summed E-state index contributed by atoms with van der Waals surface area (Å²) < 4.78 is 0. The third-order valence-electron chi connectivity index (χ3n) is 3.36. The summed E-state index contributed by atoms with van der Waals surface area (Å²) in [5.74, 6) is 0. The Morgan fingerprint density at radius 2 is 2.19 bits per heavy atom. The lowest BCUT2D eigenvalue weighted by atomic mass is 10.1. The number of aromatic nitrogens is 2. The summed E-state index contributed by atoms with van der Waals surface area (Å²) >= 11 is 1.67. The van der Waals surface area contributed by atoms with Crippen molar-refractivity contribution in [2.24, 2.45) is 0 Å². The standard InChI is InChI=1S/C16H14N4S/c1-20(8-6-16-18-7-9-21-16)15-10-12(11-17)19-14-5-3-2-4-13(14)15/h2-5,7,9-10H,6,8H2,1H3. The van der Waals surface area contributed by atoms with Gasteiger partial charge in [-0.3, -0.25) is 0 Å². The summed E-state index contributed by atoms with van der Waals surface area (Å²) in [5, 5.41) is 13.3. The van der Waals surface area contributed by atoms with Crippen molar-refractivity contribution in [3.63, 3.8) is 0 Å². The average molecular weight is 294 g/mol. The maximum absolute atomic E-state index is 9.14. The Labute approximate surface area is 127 Å². The maximum Gasteiger partial charge on any atom is 0.143 e. The summed E-state index contributed by atoms with van der Waals surface area (Å²) in [4.78, 5) is 10.8. The van der Waals surface area contributed by atoms with Crippen molar-refractivity contribution in [1.29, 1.82) is 5.26 Å². The van der Waals surface area contributed by atoms with E-state index in [1.807, 2.05) is 49.0 Å². The molecule has 2 aromatic heterocycles. The smallest absolute Gasteiger partial charge is 0.143 e. The first-order chi connectivity index (χ1) is 10.3. The van der Waals surface area contributed by atoms with Crippen molar-refractivity contribution in [2.45, 2.75) is 6.42 Å². The number of para-hydroxylation sites is 1. The second-order valence-corrected chi connectivity index (χ2v) is 5.73. The van der Waals surface area contributed by atoms with Crippen LogP contribution >= 0.6 is 11.3 Å². The molecule has 0 amide bonds. The Balaban J connectivity index is 1.92. The van der Waals surface area contributed by atoms with Crippen molar-refractivity contribution >= 4 is 27.9 Å². The number of pyridine rings is 1. The number of nitrogens with zero attached hydrogens (tertiary/aromatic N) is 4. The lowest BCUT2D eigenvalue weighted by molar-refractivity contribution is 0.871. The Bertz CT molecular complexity index is 790. The Morgan fingerprint density at radius 3 is 2.95 bits per heavy atom. The lowest BCUT2D eigenvalue weighted by Gasteiger charge is -2.20. The van der Waals surface area contributed by atoms with Crippen LogP contribution in [0.15, 0.2) is 41.9 Å². The monoisotopic (exact) mass is 294 g/mol. The van der Waals surface area contributed by atoms with E-state index in [-0.39, 0.29) is 0 Å². The van der Waals surface area contributed by atoms with Gasteiger partial charge in [0.2, 0.25) is 0 Å². The molecule has 4 nitrogen and oxygen atoms in total. The predicted molar refractivity (Wildman–Crippen MR) is 85.5 cm³/mol. The van der Waals surface area contributed by atoms with E-state index in [1.54, 1.807) is 11.3 Å². The first-order valence-corrected chi connectivity index (χ1v) is 7.55. The number of likely N-dealkylation sites (N-methyl/N-ethyl adjacent to an activating group) is 1. The van der Waals surface area contributed by atoms with E-state index in [2.05, 4.69) is 20.9 Å². The van der Waals surface area contributed by atoms with Crippen molar-refractivity contribution in [3.05, 3.63) is 52.6 Å². The molecule has 0 atom stereocenters. The number of hydrogen-bond donors (Lipinski definition) is 0. The fraction of sp³-hybridized carbons (Fsp3) is 0.188. The number of benzene rings is 1. The molecule has 3 rings (SSSR count). The SMILES string of the molecule is CN(CCc1nccs1)c1cc(C#N)nc2ccccc12. The molecule has 5 heteroatoms. The zero-order valence-corrected chi connectivity index (χ0v) is 12.5. The van der Waals surface area contributed by atoms with E-state index < -0.39 is 0 Å². The molecule has 104 valence electrons. The largest absolute Gasteiger partial charge is 0.374 e. The molecule has 1 aromatic carbocycles. The van der Waals surface area contributed by atoms with Crippen molar-refractivity contribution in [1.82, 2.24) is 9.97 Å². The lowest BCUT2D eigenvalue weighted by Crippen LogP contribution is -2.20. The second kappa shape index (κ2) is 5.90. The van der Waals surface area contributed by atoms with Crippen LogP contribution in [-0.4, -0.2) is 23.6 Å². The molecule has 2 heterocycles. The number of rotatable bonds is 4. The van der Waals surface area contributed by atoms with E-state index in [9.17, 15) is 0 Å². The number of nitriles is 1. The Kier molecular flexibility index (Phi) is 3.80. The first-order valence-electron chi connectivity index (χ1n) is 6.67. The van der Waals surface area contributed by atoms with Gasteiger partial charge in [-0.15, -0.1) is 11.3 Å². The van der Waals surface area contributed by atoms with Gasteiger partial charge < -0.3 is 4.90 Å². The van der Waals surface area contributed by atoms with Gasteiger partial charge in [0.15, 0.2) is 0 Å². The summed E-state index contributed by atoms with van der Waals surface area (Å²) in [7, 11) is 2.04. The maximum atomic E-state index is 9.14. The molecule has 0 spiro atoms. The zero-order valence-electron chi connectivity index (χ0n) is 11.7. The molecule has 0 radical (unpaired) electrons. The highest BCUT2D eigenvalue weighted by Crippen LogP contribution is 2.26. The third-order valence-corrected chi connectivity index (χ3v) is 4.20. The van der Waals surface area contributed by atoms with Crippen molar-refractivity contribution in [3.8, 4) is 6.07 Å². The van der Waals surface area contributed by atoms with E-state index in [0.29, 0.717) is 5.69 Å². The van der Waals surface area contributed by atoms with Crippen LogP contribution < -0.4 is 4.90 Å². The third kappa shape index (κ3) is 2.86. The Morgan fingerprint density at radius 1 is 1.33 bits per heavy atom. The van der Waals surface area contributed by atoms with Crippen molar-refractivity contribution < 1.29 is 0 Å². The van der Waals surface area contributed by atoms with E-state index in [0.717, 1.165) is 34.6 Å².